The van der Waals surface area contributed by atoms with Gasteiger partial charge in [-0.15, -0.1) is 0 Å². The molecule has 214 valence electrons. The summed E-state index contributed by atoms with van der Waals surface area (Å²) >= 11 is 0. The van der Waals surface area contributed by atoms with Crippen molar-refractivity contribution in [1.29, 1.82) is 0 Å². The van der Waals surface area contributed by atoms with Crippen LogP contribution in [0.4, 0.5) is 32.2 Å². The molecule has 2 unspecified atom stereocenters. The van der Waals surface area contributed by atoms with E-state index in [-0.39, 0.29) is 24.5 Å². The average Bonchev–Trinajstić information content (AvgIpc) is 2.90. The molecule has 3 heterocycles. The fourth-order valence-electron chi connectivity index (χ4n) is 4.30. The van der Waals surface area contributed by atoms with Crippen LogP contribution in [0.25, 0.3) is 0 Å². The lowest BCUT2D eigenvalue weighted by Crippen LogP contribution is -2.52. The largest absolute Gasteiger partial charge is 0.456 e. The molecule has 4 rings (SSSR count). The minimum atomic E-state index is -4.95. The number of benzene rings is 1. The Labute approximate surface area is 224 Å². The number of hydrogen-bond donors (Lipinski definition) is 3. The standard InChI is InChI=1S/C26H25F6N5O3/c1-14(23(38)36-21-7-6-18(12-34-21)40-17-4-2-16(27)3-5-17)37-9-8-25(28,29)20(13-37)15-10-19(24(39)35-11-15)22(33)26(30,31)32/h2-7,10-12,14,20,22H,8-9,13,33H2,1H3,(H,35,39)(H,34,36,38)/t14?,20?,22-/m0/s1. The summed E-state index contributed by atoms with van der Waals surface area (Å²) in [4.78, 5) is 32.5. The average molecular weight is 570 g/mol. The molecule has 3 aromatic rings. The zero-order chi connectivity index (χ0) is 29.2. The molecule has 1 aromatic carbocycles. The van der Waals surface area contributed by atoms with Crippen LogP contribution >= 0.6 is 0 Å². The van der Waals surface area contributed by atoms with Crippen molar-refractivity contribution in [2.45, 2.75) is 43.4 Å². The number of hydrogen-bond acceptors (Lipinski definition) is 6. The highest BCUT2D eigenvalue weighted by atomic mass is 19.4. The number of anilines is 1. The molecule has 1 amide bonds. The van der Waals surface area contributed by atoms with Gasteiger partial charge in [-0.3, -0.25) is 14.5 Å². The van der Waals surface area contributed by atoms with Crippen molar-refractivity contribution in [3.05, 3.63) is 82.2 Å². The number of aromatic nitrogens is 2. The second-order valence-electron chi connectivity index (χ2n) is 9.40. The fraction of sp³-hybridized carbons (Fsp3) is 0.346. The lowest BCUT2D eigenvalue weighted by molar-refractivity contribution is -0.149. The lowest BCUT2D eigenvalue weighted by atomic mass is 9.86. The first kappa shape index (κ1) is 29.1. The second-order valence-corrected chi connectivity index (χ2v) is 9.40. The van der Waals surface area contributed by atoms with Crippen molar-refractivity contribution < 1.29 is 35.9 Å². The van der Waals surface area contributed by atoms with Crippen molar-refractivity contribution in [1.82, 2.24) is 14.9 Å². The number of nitrogens with zero attached hydrogens (tertiary/aromatic N) is 2. The van der Waals surface area contributed by atoms with Gasteiger partial charge >= 0.3 is 6.18 Å². The first-order valence-electron chi connectivity index (χ1n) is 12.1. The van der Waals surface area contributed by atoms with Crippen LogP contribution in [-0.4, -0.2) is 52.0 Å². The Morgan fingerprint density at radius 1 is 1.20 bits per heavy atom. The summed E-state index contributed by atoms with van der Waals surface area (Å²) in [5, 5.41) is 2.59. The van der Waals surface area contributed by atoms with Crippen molar-refractivity contribution in [2.24, 2.45) is 5.73 Å². The summed E-state index contributed by atoms with van der Waals surface area (Å²) in [6.07, 6.45) is -3.33. The topological polar surface area (TPSA) is 113 Å². The van der Waals surface area contributed by atoms with Gasteiger partial charge in [0.15, 0.2) is 0 Å². The highest BCUT2D eigenvalue weighted by molar-refractivity contribution is 5.93. The van der Waals surface area contributed by atoms with Gasteiger partial charge in [-0.1, -0.05) is 0 Å². The predicted octanol–water partition coefficient (Wildman–Crippen LogP) is 4.72. The number of H-pyrrole nitrogens is 1. The maximum atomic E-state index is 14.9. The molecule has 1 saturated heterocycles. The van der Waals surface area contributed by atoms with Crippen molar-refractivity contribution in [2.75, 3.05) is 18.4 Å². The number of halogens is 6. The first-order chi connectivity index (χ1) is 18.7. The van der Waals surface area contributed by atoms with Gasteiger partial charge in [0.2, 0.25) is 5.91 Å². The van der Waals surface area contributed by atoms with E-state index in [4.69, 9.17) is 10.5 Å². The molecule has 1 fully saturated rings. The summed E-state index contributed by atoms with van der Waals surface area (Å²) in [7, 11) is 0. The Hall–Kier alpha value is -3.91. The minimum absolute atomic E-state index is 0.158. The molecule has 0 bridgehead atoms. The van der Waals surface area contributed by atoms with E-state index < -0.39 is 59.4 Å². The van der Waals surface area contributed by atoms with Gasteiger partial charge in [-0.25, -0.2) is 18.2 Å². The number of nitrogens with two attached hydrogens (primary N) is 1. The number of piperidine rings is 1. The van der Waals surface area contributed by atoms with Crippen LogP contribution in [0.3, 0.4) is 0 Å². The quantitative estimate of drug-likeness (QED) is 0.355. The molecule has 0 saturated carbocycles. The van der Waals surface area contributed by atoms with Crippen molar-refractivity contribution in [3.63, 3.8) is 0 Å². The molecular weight excluding hydrogens is 544 g/mol. The molecule has 4 N–H and O–H groups in total. The normalized spacial score (nSPS) is 19.1. The molecule has 2 aromatic heterocycles. The fourth-order valence-corrected chi connectivity index (χ4v) is 4.30. The van der Waals surface area contributed by atoms with Gasteiger partial charge in [-0.05, 0) is 55.0 Å². The van der Waals surface area contributed by atoms with Crippen LogP contribution in [-0.2, 0) is 4.79 Å². The number of amides is 1. The Morgan fingerprint density at radius 3 is 2.50 bits per heavy atom. The number of carbonyl (C=O) groups excluding carboxylic acids is 1. The molecule has 0 aliphatic carbocycles. The molecule has 3 atom stereocenters. The van der Waals surface area contributed by atoms with Crippen molar-refractivity contribution in [3.8, 4) is 11.5 Å². The number of ether oxygens (including phenoxy) is 1. The van der Waals surface area contributed by atoms with Crippen molar-refractivity contribution >= 4 is 11.7 Å². The number of pyridine rings is 2. The second kappa shape index (κ2) is 11.3. The van der Waals surface area contributed by atoms with E-state index >= 15 is 0 Å². The molecule has 40 heavy (non-hydrogen) atoms. The number of nitrogens with one attached hydrogen (secondary N) is 2. The molecule has 1 aliphatic heterocycles. The molecule has 1 aliphatic rings. The monoisotopic (exact) mass is 569 g/mol. The summed E-state index contributed by atoms with van der Waals surface area (Å²) in [5.41, 5.74) is 2.93. The van der Waals surface area contributed by atoms with Crippen LogP contribution in [0.1, 0.15) is 36.4 Å². The van der Waals surface area contributed by atoms with Gasteiger partial charge in [-0.2, -0.15) is 13.2 Å². The number of carbonyl (C=O) groups is 1. The number of rotatable bonds is 7. The minimum Gasteiger partial charge on any atom is -0.456 e. The predicted molar refractivity (Wildman–Crippen MR) is 133 cm³/mol. The van der Waals surface area contributed by atoms with Gasteiger partial charge < -0.3 is 20.8 Å². The molecule has 0 radical (unpaired) electrons. The number of alkyl halides is 5. The van der Waals surface area contributed by atoms with E-state index in [0.29, 0.717) is 11.5 Å². The first-order valence-corrected chi connectivity index (χ1v) is 12.1. The van der Waals surface area contributed by atoms with E-state index in [9.17, 15) is 35.9 Å². The van der Waals surface area contributed by atoms with Crippen LogP contribution in [0.5, 0.6) is 11.5 Å². The van der Waals surface area contributed by atoms with E-state index in [1.54, 1.807) is 0 Å². The Kier molecular flexibility index (Phi) is 8.21. The summed E-state index contributed by atoms with van der Waals surface area (Å²) in [5.74, 6) is -5.03. The summed E-state index contributed by atoms with van der Waals surface area (Å²) < 4.78 is 87.7. The Balaban J connectivity index is 1.44. The summed E-state index contributed by atoms with van der Waals surface area (Å²) in [6.45, 7) is 0.972. The van der Waals surface area contributed by atoms with Gasteiger partial charge in [0.25, 0.3) is 11.5 Å². The zero-order valence-corrected chi connectivity index (χ0v) is 21.0. The Morgan fingerprint density at radius 2 is 1.88 bits per heavy atom. The summed E-state index contributed by atoms with van der Waals surface area (Å²) in [6, 6.07) is 5.51. The van der Waals surface area contributed by atoms with Gasteiger partial charge in [0.1, 0.15) is 29.2 Å². The van der Waals surface area contributed by atoms with Crippen LogP contribution in [0.2, 0.25) is 0 Å². The van der Waals surface area contributed by atoms with Crippen LogP contribution in [0.15, 0.2) is 59.7 Å². The third kappa shape index (κ3) is 6.62. The lowest BCUT2D eigenvalue weighted by Gasteiger charge is -2.40. The smallest absolute Gasteiger partial charge is 0.407 e. The molecule has 14 heteroatoms. The number of aromatic amines is 1. The van der Waals surface area contributed by atoms with Crippen LogP contribution < -0.4 is 21.3 Å². The molecular formula is C26H25F6N5O3. The Bertz CT molecular complexity index is 1400. The highest BCUT2D eigenvalue weighted by Crippen LogP contribution is 2.41. The van der Waals surface area contributed by atoms with E-state index in [0.717, 1.165) is 12.3 Å². The van der Waals surface area contributed by atoms with Gasteiger partial charge in [0.05, 0.1) is 18.2 Å². The maximum Gasteiger partial charge on any atom is 0.407 e. The number of likely N-dealkylation sites (tertiary alicyclic amines) is 1. The maximum absolute atomic E-state index is 14.9. The van der Waals surface area contributed by atoms with E-state index in [1.807, 2.05) is 0 Å². The highest BCUT2D eigenvalue weighted by Gasteiger charge is 2.47. The molecule has 8 nitrogen and oxygen atoms in total. The third-order valence-electron chi connectivity index (χ3n) is 6.67. The zero-order valence-electron chi connectivity index (χ0n) is 21.0. The van der Waals surface area contributed by atoms with Crippen LogP contribution in [0, 0.1) is 5.82 Å². The molecule has 0 spiro atoms. The SMILES string of the molecule is CC(C(=O)Nc1ccc(Oc2ccc(F)cc2)cn1)N1CCC(F)(F)C(c2c[nH]c(=O)c([C@H](N)C(F)(F)F)c2)C1. The third-order valence-corrected chi connectivity index (χ3v) is 6.67. The van der Waals surface area contributed by atoms with E-state index in [1.165, 1.54) is 54.4 Å². The van der Waals surface area contributed by atoms with E-state index in [2.05, 4.69) is 15.3 Å². The van der Waals surface area contributed by atoms with Gasteiger partial charge in [0, 0.05) is 31.3 Å².